The number of carbonyl (C=O) groups excluding carboxylic acids is 1. The van der Waals surface area contributed by atoms with Gasteiger partial charge in [-0.3, -0.25) is 9.59 Å². The fourth-order valence-corrected chi connectivity index (χ4v) is 3.55. The first-order chi connectivity index (χ1) is 9.19. The maximum atomic E-state index is 12.3. The van der Waals surface area contributed by atoms with E-state index in [1.54, 1.807) is 0 Å². The van der Waals surface area contributed by atoms with Crippen molar-refractivity contribution in [1.29, 1.82) is 0 Å². The van der Waals surface area contributed by atoms with Crippen LogP contribution in [0.3, 0.4) is 0 Å². The molecule has 0 radical (unpaired) electrons. The average Bonchev–Trinajstić information content (AvgIpc) is 2.76. The number of hydrogen-bond acceptors (Lipinski definition) is 2. The van der Waals surface area contributed by atoms with Gasteiger partial charge >= 0.3 is 5.97 Å². The summed E-state index contributed by atoms with van der Waals surface area (Å²) in [5.41, 5.74) is 0.470. The van der Waals surface area contributed by atoms with Crippen LogP contribution in [0, 0.1) is 28.6 Å². The molecule has 2 N–H and O–H groups in total. The quantitative estimate of drug-likeness (QED) is 0.777. The molecule has 0 aromatic heterocycles. The van der Waals surface area contributed by atoms with Gasteiger partial charge in [0.2, 0.25) is 5.91 Å². The smallest absolute Gasteiger partial charge is 0.307 e. The molecule has 2 aliphatic rings. The van der Waals surface area contributed by atoms with E-state index in [0.717, 1.165) is 0 Å². The average molecular weight is 279 g/mol. The molecule has 1 saturated carbocycles. The molecule has 0 bridgehead atoms. The van der Waals surface area contributed by atoms with Crippen molar-refractivity contribution in [2.75, 3.05) is 6.54 Å². The fraction of sp³-hybridized carbons (Fsp3) is 0.750. The molecule has 4 nitrogen and oxygen atoms in total. The van der Waals surface area contributed by atoms with Crippen molar-refractivity contribution >= 4 is 11.9 Å². The third kappa shape index (κ3) is 2.36. The Bertz CT molecular complexity index is 437. The molecule has 0 aliphatic heterocycles. The third-order valence-corrected chi connectivity index (χ3v) is 5.89. The Kier molecular flexibility index (Phi) is 3.69. The standard InChI is InChI=1S/C16H25NO3/c1-15(2)12(16(15,3)4)9-17-13(18)10-7-5-6-8-11(10)14(19)20/h5-6,10-12H,7-9H2,1-4H3,(H,17,18)(H,19,20). The van der Waals surface area contributed by atoms with E-state index >= 15 is 0 Å². The highest BCUT2D eigenvalue weighted by Crippen LogP contribution is 2.67. The summed E-state index contributed by atoms with van der Waals surface area (Å²) in [6.07, 6.45) is 4.75. The maximum absolute atomic E-state index is 12.3. The van der Waals surface area contributed by atoms with E-state index in [1.807, 2.05) is 12.2 Å². The highest BCUT2D eigenvalue weighted by atomic mass is 16.4. The van der Waals surface area contributed by atoms with Gasteiger partial charge in [0.05, 0.1) is 11.8 Å². The van der Waals surface area contributed by atoms with Crippen molar-refractivity contribution in [3.8, 4) is 0 Å². The number of carbonyl (C=O) groups is 2. The van der Waals surface area contributed by atoms with Gasteiger partial charge in [0, 0.05) is 6.54 Å². The molecule has 2 atom stereocenters. The van der Waals surface area contributed by atoms with E-state index < -0.39 is 17.8 Å². The molecule has 1 fully saturated rings. The molecule has 0 spiro atoms. The number of amides is 1. The van der Waals surface area contributed by atoms with Gasteiger partial charge in [0.1, 0.15) is 0 Å². The van der Waals surface area contributed by atoms with E-state index in [2.05, 4.69) is 33.0 Å². The topological polar surface area (TPSA) is 66.4 Å². The maximum Gasteiger partial charge on any atom is 0.307 e. The number of allylic oxidation sites excluding steroid dienone is 2. The first kappa shape index (κ1) is 15.1. The summed E-state index contributed by atoms with van der Waals surface area (Å²) >= 11 is 0. The van der Waals surface area contributed by atoms with E-state index in [0.29, 0.717) is 25.3 Å². The Morgan fingerprint density at radius 2 is 1.60 bits per heavy atom. The van der Waals surface area contributed by atoms with Gasteiger partial charge in [-0.25, -0.2) is 0 Å². The number of rotatable bonds is 4. The predicted molar refractivity (Wildman–Crippen MR) is 77.1 cm³/mol. The molecule has 0 heterocycles. The van der Waals surface area contributed by atoms with Crippen LogP contribution in [0.1, 0.15) is 40.5 Å². The Hall–Kier alpha value is -1.32. The van der Waals surface area contributed by atoms with Crippen LogP contribution in [-0.4, -0.2) is 23.5 Å². The first-order valence-corrected chi connectivity index (χ1v) is 7.35. The second-order valence-corrected chi connectivity index (χ2v) is 7.24. The van der Waals surface area contributed by atoms with Crippen LogP contribution in [-0.2, 0) is 9.59 Å². The van der Waals surface area contributed by atoms with Gasteiger partial charge < -0.3 is 10.4 Å². The molecular weight excluding hydrogens is 254 g/mol. The number of carboxylic acids is 1. The van der Waals surface area contributed by atoms with E-state index in [1.165, 1.54) is 0 Å². The second-order valence-electron chi connectivity index (χ2n) is 7.24. The minimum absolute atomic E-state index is 0.111. The molecule has 20 heavy (non-hydrogen) atoms. The number of nitrogens with one attached hydrogen (secondary N) is 1. The Balaban J connectivity index is 1.92. The molecule has 2 unspecified atom stereocenters. The van der Waals surface area contributed by atoms with Crippen LogP contribution in [0.4, 0.5) is 0 Å². The van der Waals surface area contributed by atoms with Crippen molar-refractivity contribution in [3.63, 3.8) is 0 Å². The summed E-state index contributed by atoms with van der Waals surface area (Å²) in [5.74, 6) is -1.54. The summed E-state index contributed by atoms with van der Waals surface area (Å²) in [5, 5.41) is 12.2. The van der Waals surface area contributed by atoms with Crippen molar-refractivity contribution in [2.24, 2.45) is 28.6 Å². The summed E-state index contributed by atoms with van der Waals surface area (Å²) in [7, 11) is 0. The molecule has 0 aromatic carbocycles. The summed E-state index contributed by atoms with van der Waals surface area (Å²) < 4.78 is 0. The fourth-order valence-electron chi connectivity index (χ4n) is 3.55. The molecule has 4 heteroatoms. The number of aliphatic carboxylic acids is 1. The Labute approximate surface area is 120 Å². The SMILES string of the molecule is CC1(C)C(CNC(=O)C2CC=CCC2C(=O)O)C1(C)C. The van der Waals surface area contributed by atoms with E-state index in [4.69, 9.17) is 0 Å². The van der Waals surface area contributed by atoms with Gasteiger partial charge in [-0.15, -0.1) is 0 Å². The van der Waals surface area contributed by atoms with Gasteiger partial charge in [0.25, 0.3) is 0 Å². The van der Waals surface area contributed by atoms with Crippen molar-refractivity contribution in [2.45, 2.75) is 40.5 Å². The molecule has 2 rings (SSSR count). The molecule has 1 amide bonds. The number of hydrogen-bond donors (Lipinski definition) is 2. The van der Waals surface area contributed by atoms with E-state index in [-0.39, 0.29) is 16.7 Å². The van der Waals surface area contributed by atoms with Crippen LogP contribution < -0.4 is 5.32 Å². The zero-order valence-electron chi connectivity index (χ0n) is 12.8. The monoisotopic (exact) mass is 279 g/mol. The lowest BCUT2D eigenvalue weighted by Crippen LogP contribution is -2.39. The second kappa shape index (κ2) is 4.90. The summed E-state index contributed by atoms with van der Waals surface area (Å²) in [6, 6.07) is 0. The molecular formula is C16H25NO3. The summed E-state index contributed by atoms with van der Waals surface area (Å²) in [4.78, 5) is 23.5. The van der Waals surface area contributed by atoms with Gasteiger partial charge in [-0.1, -0.05) is 39.8 Å². The zero-order valence-corrected chi connectivity index (χ0v) is 12.8. The van der Waals surface area contributed by atoms with Crippen molar-refractivity contribution in [1.82, 2.24) is 5.32 Å². The Morgan fingerprint density at radius 3 is 2.05 bits per heavy atom. The van der Waals surface area contributed by atoms with Crippen LogP contribution in [0.25, 0.3) is 0 Å². The van der Waals surface area contributed by atoms with Gasteiger partial charge in [0.15, 0.2) is 0 Å². The lowest BCUT2D eigenvalue weighted by Gasteiger charge is -2.24. The van der Waals surface area contributed by atoms with Crippen LogP contribution in [0.5, 0.6) is 0 Å². The Morgan fingerprint density at radius 1 is 1.10 bits per heavy atom. The molecule has 2 aliphatic carbocycles. The molecule has 0 saturated heterocycles. The van der Waals surface area contributed by atoms with Crippen LogP contribution in [0.2, 0.25) is 0 Å². The lowest BCUT2D eigenvalue weighted by molar-refractivity contribution is -0.147. The third-order valence-electron chi connectivity index (χ3n) is 5.89. The molecule has 0 aromatic rings. The first-order valence-electron chi connectivity index (χ1n) is 7.35. The minimum atomic E-state index is -0.874. The van der Waals surface area contributed by atoms with E-state index in [9.17, 15) is 14.7 Å². The number of carboxylic acid groups (broad SMARTS) is 1. The largest absolute Gasteiger partial charge is 0.481 e. The van der Waals surface area contributed by atoms with Crippen LogP contribution >= 0.6 is 0 Å². The van der Waals surface area contributed by atoms with Crippen molar-refractivity contribution < 1.29 is 14.7 Å². The predicted octanol–water partition coefficient (Wildman–Crippen LogP) is 2.45. The van der Waals surface area contributed by atoms with Crippen molar-refractivity contribution in [3.05, 3.63) is 12.2 Å². The molecule has 112 valence electrons. The highest BCUT2D eigenvalue weighted by Gasteiger charge is 2.64. The highest BCUT2D eigenvalue weighted by molar-refractivity contribution is 5.85. The minimum Gasteiger partial charge on any atom is -0.481 e. The van der Waals surface area contributed by atoms with Gasteiger partial charge in [-0.2, -0.15) is 0 Å². The van der Waals surface area contributed by atoms with Crippen LogP contribution in [0.15, 0.2) is 12.2 Å². The lowest BCUT2D eigenvalue weighted by atomic mass is 9.82. The normalized spacial score (nSPS) is 30.8. The van der Waals surface area contributed by atoms with Gasteiger partial charge in [-0.05, 0) is 29.6 Å². The summed E-state index contributed by atoms with van der Waals surface area (Å²) in [6.45, 7) is 9.51. The zero-order chi connectivity index (χ0) is 15.1.